The van der Waals surface area contributed by atoms with Gasteiger partial charge in [-0.3, -0.25) is 18.7 Å². The van der Waals surface area contributed by atoms with Crippen LogP contribution in [0, 0.1) is 23.2 Å². The Morgan fingerprint density at radius 3 is 2.30 bits per heavy atom. The van der Waals surface area contributed by atoms with Gasteiger partial charge in [0.15, 0.2) is 0 Å². The van der Waals surface area contributed by atoms with E-state index in [4.69, 9.17) is 10.4 Å². The summed E-state index contributed by atoms with van der Waals surface area (Å²) in [5, 5.41) is 20.0. The molecule has 2 atom stereocenters. The van der Waals surface area contributed by atoms with Crippen LogP contribution in [0.5, 0.6) is 0 Å². The number of aliphatic carboxylic acids is 1. The largest absolute Gasteiger partial charge is 0.481 e. The molecule has 13 heteroatoms. The van der Waals surface area contributed by atoms with Gasteiger partial charge in [0.25, 0.3) is 5.56 Å². The van der Waals surface area contributed by atoms with Gasteiger partial charge in [-0.25, -0.2) is 18.6 Å². The van der Waals surface area contributed by atoms with Crippen molar-refractivity contribution < 1.29 is 18.7 Å². The van der Waals surface area contributed by atoms with E-state index in [1.807, 2.05) is 30.3 Å². The molecule has 0 radical (unpaired) electrons. The van der Waals surface area contributed by atoms with Crippen molar-refractivity contribution in [3.63, 3.8) is 0 Å². The lowest BCUT2D eigenvalue weighted by atomic mass is 10.1. The number of aromatic nitrogens is 2. The van der Waals surface area contributed by atoms with E-state index in [-0.39, 0.29) is 13.0 Å². The Hall–Kier alpha value is -4.27. The van der Waals surface area contributed by atoms with Gasteiger partial charge in [-0.2, -0.15) is 5.26 Å². The number of hydrazine groups is 1. The maximum atomic E-state index is 12.8. The van der Waals surface area contributed by atoms with Gasteiger partial charge in [0.05, 0.1) is 23.4 Å². The first kappa shape index (κ1) is 28.7. The fourth-order valence-corrected chi connectivity index (χ4v) is 5.46. The van der Waals surface area contributed by atoms with E-state index >= 15 is 0 Å². The molecule has 0 aliphatic carbocycles. The highest BCUT2D eigenvalue weighted by Crippen LogP contribution is 2.20. The number of benzene rings is 2. The number of rotatable bonds is 7. The minimum absolute atomic E-state index is 0.243. The van der Waals surface area contributed by atoms with Gasteiger partial charge in [-0.1, -0.05) is 11.8 Å². The zero-order valence-electron chi connectivity index (χ0n) is 22.0. The average Bonchev–Trinajstić information content (AvgIpc) is 2.93. The number of carbonyl (C=O) groups is 1. The fourth-order valence-electron chi connectivity index (χ4n) is 4.72. The van der Waals surface area contributed by atoms with Crippen LogP contribution >= 0.6 is 0 Å². The molecule has 208 valence electrons. The van der Waals surface area contributed by atoms with Gasteiger partial charge < -0.3 is 10.0 Å². The highest BCUT2D eigenvalue weighted by Gasteiger charge is 2.30. The minimum Gasteiger partial charge on any atom is -0.481 e. The zero-order valence-corrected chi connectivity index (χ0v) is 22.8. The van der Waals surface area contributed by atoms with E-state index in [9.17, 15) is 23.1 Å². The Bertz CT molecular complexity index is 1670. The molecule has 0 spiro atoms. The third-order valence-electron chi connectivity index (χ3n) is 6.71. The van der Waals surface area contributed by atoms with Crippen molar-refractivity contribution in [2.45, 2.75) is 25.9 Å². The number of hydrogen-bond acceptors (Lipinski definition) is 7. The third kappa shape index (κ3) is 6.14. The summed E-state index contributed by atoms with van der Waals surface area (Å²) < 4.78 is 25.0. The number of aryl methyl sites for hydroxylation is 1. The summed E-state index contributed by atoms with van der Waals surface area (Å²) in [5.74, 6) is 5.10. The molecule has 1 saturated heterocycles. The molecule has 1 aliphatic rings. The molecule has 2 unspecified atom stereocenters. The molecule has 4 rings (SSSR count). The Kier molecular flexibility index (Phi) is 8.82. The highest BCUT2D eigenvalue weighted by atomic mass is 32.2. The molecule has 2 heterocycles. The first-order chi connectivity index (χ1) is 19.1. The van der Waals surface area contributed by atoms with Crippen LogP contribution in [0.25, 0.3) is 10.9 Å². The summed E-state index contributed by atoms with van der Waals surface area (Å²) in [7, 11) is 1.55. The smallest absolute Gasteiger partial charge is 0.332 e. The number of hydrogen-bond donors (Lipinski definition) is 2. The van der Waals surface area contributed by atoms with E-state index in [1.165, 1.54) is 8.98 Å². The van der Waals surface area contributed by atoms with Crippen LogP contribution in [0.3, 0.4) is 0 Å². The van der Waals surface area contributed by atoms with Crippen LogP contribution in [-0.4, -0.2) is 70.6 Å². The second-order valence-electron chi connectivity index (χ2n) is 9.34. The van der Waals surface area contributed by atoms with E-state index in [2.05, 4.69) is 16.7 Å². The van der Waals surface area contributed by atoms with E-state index in [0.717, 1.165) is 15.8 Å². The van der Waals surface area contributed by atoms with Gasteiger partial charge in [0, 0.05) is 56.1 Å². The van der Waals surface area contributed by atoms with Gasteiger partial charge in [0.2, 0.25) is 11.3 Å². The lowest BCUT2D eigenvalue weighted by Gasteiger charge is -2.41. The normalized spacial score (nSPS) is 15.3. The van der Waals surface area contributed by atoms with Crippen molar-refractivity contribution in [1.82, 2.24) is 18.6 Å². The Labute approximate surface area is 232 Å². The summed E-state index contributed by atoms with van der Waals surface area (Å²) in [4.78, 5) is 38.3. The molecule has 3 aromatic rings. The molecule has 40 heavy (non-hydrogen) atoms. The Morgan fingerprint density at radius 1 is 1.07 bits per heavy atom. The van der Waals surface area contributed by atoms with E-state index < -0.39 is 34.5 Å². The summed E-state index contributed by atoms with van der Waals surface area (Å²) >= 11 is -2.32. The lowest BCUT2D eigenvalue weighted by Crippen LogP contribution is -2.57. The van der Waals surface area contributed by atoms with Gasteiger partial charge in [0.1, 0.15) is 6.54 Å². The number of carboxylic acids is 1. The molecule has 2 N–H and O–H groups in total. The summed E-state index contributed by atoms with van der Waals surface area (Å²) in [6.07, 6.45) is -0.243. The molecule has 12 nitrogen and oxygen atoms in total. The summed E-state index contributed by atoms with van der Waals surface area (Å²) in [5.41, 5.74) is 1.70. The lowest BCUT2D eigenvalue weighted by molar-refractivity contribution is -0.139. The van der Waals surface area contributed by atoms with Crippen LogP contribution < -0.4 is 16.1 Å². The molecule has 1 aromatic heterocycles. The van der Waals surface area contributed by atoms with Crippen LogP contribution in [0.4, 0.5) is 5.69 Å². The SMILES string of the molecule is CC(CC(=O)O)N(N1CCN(c2ccc(C#Cc3ccc4c(c3)c(=O)n(CC#N)c(=O)n4C)cc2)CC1)S(=O)O. The van der Waals surface area contributed by atoms with Gasteiger partial charge in [-0.05, 0) is 49.4 Å². The quantitative estimate of drug-likeness (QED) is 0.316. The van der Waals surface area contributed by atoms with Crippen LogP contribution in [0.2, 0.25) is 0 Å². The predicted octanol–water partition coefficient (Wildman–Crippen LogP) is 0.962. The van der Waals surface area contributed by atoms with Crippen LogP contribution in [-0.2, 0) is 29.7 Å². The molecule has 1 fully saturated rings. The molecule has 0 amide bonds. The number of carboxylic acid groups (broad SMARTS) is 1. The first-order valence-electron chi connectivity index (χ1n) is 12.4. The average molecular weight is 565 g/mol. The molecule has 1 aliphatic heterocycles. The zero-order chi connectivity index (χ0) is 29.0. The molecular formula is C27H28N6O6S. The number of nitriles is 1. The first-order valence-corrected chi connectivity index (χ1v) is 13.5. The van der Waals surface area contributed by atoms with Crippen molar-refractivity contribution in [1.29, 1.82) is 5.26 Å². The van der Waals surface area contributed by atoms with Crippen LogP contribution in [0.1, 0.15) is 24.5 Å². The fraction of sp³-hybridized carbons (Fsp3) is 0.333. The highest BCUT2D eigenvalue weighted by molar-refractivity contribution is 7.76. The minimum atomic E-state index is -2.32. The van der Waals surface area contributed by atoms with Crippen molar-refractivity contribution in [2.75, 3.05) is 31.1 Å². The molecular weight excluding hydrogens is 536 g/mol. The van der Waals surface area contributed by atoms with Gasteiger partial charge in [-0.15, -0.1) is 4.41 Å². The molecule has 2 aromatic carbocycles. The van der Waals surface area contributed by atoms with Gasteiger partial charge >= 0.3 is 11.7 Å². The van der Waals surface area contributed by atoms with Crippen molar-refractivity contribution in [3.05, 3.63) is 74.4 Å². The van der Waals surface area contributed by atoms with Crippen LogP contribution in [0.15, 0.2) is 52.1 Å². The Balaban J connectivity index is 1.46. The molecule has 0 saturated carbocycles. The van der Waals surface area contributed by atoms with E-state index in [1.54, 1.807) is 37.2 Å². The number of nitrogens with zero attached hydrogens (tertiary/aromatic N) is 6. The topological polar surface area (TPSA) is 152 Å². The Morgan fingerprint density at radius 2 is 1.70 bits per heavy atom. The summed E-state index contributed by atoms with van der Waals surface area (Å²) in [6.45, 7) is 3.37. The predicted molar refractivity (Wildman–Crippen MR) is 150 cm³/mol. The maximum Gasteiger partial charge on any atom is 0.332 e. The molecule has 0 bridgehead atoms. The second-order valence-corrected chi connectivity index (χ2v) is 10.2. The van der Waals surface area contributed by atoms with Crippen molar-refractivity contribution in [2.24, 2.45) is 7.05 Å². The summed E-state index contributed by atoms with van der Waals surface area (Å²) in [6, 6.07) is 13.9. The third-order valence-corrected chi connectivity index (χ3v) is 7.62. The monoisotopic (exact) mass is 564 g/mol. The van der Waals surface area contributed by atoms with Crippen molar-refractivity contribution in [3.8, 4) is 17.9 Å². The second kappa shape index (κ2) is 12.3. The number of anilines is 1. The maximum absolute atomic E-state index is 12.8. The van der Waals surface area contributed by atoms with E-state index in [0.29, 0.717) is 42.6 Å². The standard InChI is InChI=1S/C27H28N6O6S/c1-19(17-25(34)35)33(40(38)39)31-15-13-30(14-16-31)22-8-5-20(6-9-22)3-4-21-7-10-24-23(18-21)26(36)32(12-11-28)27(37)29(24)2/h5-10,18-19H,12-17H2,1-2H3,(H,34,35)(H,38,39). The van der Waals surface area contributed by atoms with Crippen molar-refractivity contribution >= 4 is 33.8 Å². The number of fused-ring (bicyclic) bond motifs is 1. The number of piperazine rings is 1.